The first kappa shape index (κ1) is 7.73. The van der Waals surface area contributed by atoms with E-state index in [0.717, 1.165) is 15.6 Å². The molecule has 0 bridgehead atoms. The van der Waals surface area contributed by atoms with Crippen LogP contribution in [-0.4, -0.2) is 0 Å². The van der Waals surface area contributed by atoms with Crippen LogP contribution in [0.1, 0.15) is 11.1 Å². The van der Waals surface area contributed by atoms with Crippen LogP contribution < -0.4 is 0 Å². The minimum absolute atomic E-state index is 0.384. The smallest absolute Gasteiger partial charge is 0.115 e. The lowest BCUT2D eigenvalue weighted by Crippen LogP contribution is -1.83. The molecular formula is C8H8BrF. The molecule has 0 aliphatic rings. The Kier molecular flexibility index (Phi) is 2.44. The highest BCUT2D eigenvalue weighted by atomic mass is 79.9. The Hall–Kier alpha value is -0.370. The Morgan fingerprint density at radius 3 is 2.70 bits per heavy atom. The highest BCUT2D eigenvalue weighted by molar-refractivity contribution is 9.10. The van der Waals surface area contributed by atoms with E-state index in [0.29, 0.717) is 0 Å². The maximum atomic E-state index is 12.1. The molecule has 10 heavy (non-hydrogen) atoms. The van der Waals surface area contributed by atoms with Crippen LogP contribution in [0.3, 0.4) is 0 Å². The molecule has 0 fully saturated rings. The minimum atomic E-state index is -0.384. The highest BCUT2D eigenvalue weighted by Gasteiger charge is 1.96. The predicted octanol–water partition coefficient (Wildman–Crippen LogP) is 3.23. The summed E-state index contributed by atoms with van der Waals surface area (Å²) in [4.78, 5) is 0. The van der Waals surface area contributed by atoms with Gasteiger partial charge in [-0.05, 0) is 30.2 Å². The molecule has 0 amide bonds. The van der Waals surface area contributed by atoms with E-state index in [1.165, 1.54) is 0 Å². The zero-order valence-electron chi connectivity index (χ0n) is 5.70. The third kappa shape index (κ3) is 1.57. The summed E-state index contributed by atoms with van der Waals surface area (Å²) in [5, 5.41) is 0. The normalized spacial score (nSPS) is 9.90. The molecule has 0 saturated carbocycles. The van der Waals surface area contributed by atoms with Gasteiger partial charge in [-0.1, -0.05) is 22.0 Å². The summed E-state index contributed by atoms with van der Waals surface area (Å²) in [6.45, 7) is 1.52. The monoisotopic (exact) mass is 202 g/mol. The van der Waals surface area contributed by atoms with Crippen molar-refractivity contribution in [2.45, 2.75) is 13.6 Å². The van der Waals surface area contributed by atoms with Gasteiger partial charge in [-0.15, -0.1) is 0 Å². The summed E-state index contributed by atoms with van der Waals surface area (Å²) in [5.74, 6) is 0. The van der Waals surface area contributed by atoms with Crippen molar-refractivity contribution in [1.82, 2.24) is 0 Å². The van der Waals surface area contributed by atoms with Gasteiger partial charge in [0.2, 0.25) is 0 Å². The third-order valence-corrected chi connectivity index (χ3v) is 1.95. The van der Waals surface area contributed by atoms with Gasteiger partial charge in [0.15, 0.2) is 0 Å². The van der Waals surface area contributed by atoms with Gasteiger partial charge in [0.1, 0.15) is 6.67 Å². The molecule has 0 unspecified atom stereocenters. The molecule has 1 aromatic carbocycles. The second-order valence-electron chi connectivity index (χ2n) is 2.20. The second kappa shape index (κ2) is 3.15. The van der Waals surface area contributed by atoms with Crippen molar-refractivity contribution in [2.24, 2.45) is 0 Å². The SMILES string of the molecule is Cc1ccc(Br)cc1CF. The Morgan fingerprint density at radius 2 is 2.20 bits per heavy atom. The number of rotatable bonds is 1. The molecule has 0 heterocycles. The van der Waals surface area contributed by atoms with Crippen LogP contribution in [0.4, 0.5) is 4.39 Å². The van der Waals surface area contributed by atoms with Gasteiger partial charge in [0, 0.05) is 4.47 Å². The Morgan fingerprint density at radius 1 is 1.50 bits per heavy atom. The topological polar surface area (TPSA) is 0 Å². The molecule has 0 nitrogen and oxygen atoms in total. The van der Waals surface area contributed by atoms with Gasteiger partial charge >= 0.3 is 0 Å². The lowest BCUT2D eigenvalue weighted by Gasteiger charge is -1.99. The number of halogens is 2. The molecule has 0 atom stereocenters. The Balaban J connectivity index is 3.09. The van der Waals surface area contributed by atoms with E-state index in [-0.39, 0.29) is 6.67 Å². The van der Waals surface area contributed by atoms with Crippen molar-refractivity contribution < 1.29 is 4.39 Å². The number of alkyl halides is 1. The summed E-state index contributed by atoms with van der Waals surface area (Å²) in [6.07, 6.45) is 0. The summed E-state index contributed by atoms with van der Waals surface area (Å²) in [7, 11) is 0. The molecule has 0 aliphatic carbocycles. The molecule has 1 aromatic rings. The quantitative estimate of drug-likeness (QED) is 0.657. The van der Waals surface area contributed by atoms with Crippen LogP contribution in [0.15, 0.2) is 22.7 Å². The lowest BCUT2D eigenvalue weighted by molar-refractivity contribution is 0.483. The van der Waals surface area contributed by atoms with E-state index in [9.17, 15) is 4.39 Å². The van der Waals surface area contributed by atoms with Crippen molar-refractivity contribution in [3.05, 3.63) is 33.8 Å². The first-order valence-corrected chi connectivity index (χ1v) is 3.84. The standard InChI is InChI=1S/C8H8BrF/c1-6-2-3-8(9)4-7(6)5-10/h2-4H,5H2,1H3. The van der Waals surface area contributed by atoms with Crippen LogP contribution in [0.5, 0.6) is 0 Å². The van der Waals surface area contributed by atoms with Gasteiger partial charge in [-0.3, -0.25) is 0 Å². The summed E-state index contributed by atoms with van der Waals surface area (Å²) in [6, 6.07) is 5.61. The average molecular weight is 203 g/mol. The fraction of sp³-hybridized carbons (Fsp3) is 0.250. The van der Waals surface area contributed by atoms with E-state index < -0.39 is 0 Å². The van der Waals surface area contributed by atoms with E-state index >= 15 is 0 Å². The van der Waals surface area contributed by atoms with Gasteiger partial charge in [-0.2, -0.15) is 0 Å². The second-order valence-corrected chi connectivity index (χ2v) is 3.12. The van der Waals surface area contributed by atoms with Gasteiger partial charge in [0.05, 0.1) is 0 Å². The van der Waals surface area contributed by atoms with E-state index in [2.05, 4.69) is 15.9 Å². The van der Waals surface area contributed by atoms with Crippen molar-refractivity contribution >= 4 is 15.9 Å². The number of benzene rings is 1. The van der Waals surface area contributed by atoms with Crippen molar-refractivity contribution in [2.75, 3.05) is 0 Å². The Bertz CT molecular complexity index is 233. The van der Waals surface area contributed by atoms with E-state index in [1.54, 1.807) is 6.07 Å². The minimum Gasteiger partial charge on any atom is -0.246 e. The third-order valence-electron chi connectivity index (χ3n) is 1.46. The molecule has 1 rings (SSSR count). The summed E-state index contributed by atoms with van der Waals surface area (Å²) in [5.41, 5.74) is 1.76. The van der Waals surface area contributed by atoms with Gasteiger partial charge < -0.3 is 0 Å². The molecule has 0 aliphatic heterocycles. The molecule has 0 N–H and O–H groups in total. The van der Waals surface area contributed by atoms with Gasteiger partial charge in [0.25, 0.3) is 0 Å². The molecule has 0 saturated heterocycles. The van der Waals surface area contributed by atoms with Crippen LogP contribution in [0.25, 0.3) is 0 Å². The first-order chi connectivity index (χ1) is 4.74. The molecule has 54 valence electrons. The predicted molar refractivity (Wildman–Crippen MR) is 43.7 cm³/mol. The maximum absolute atomic E-state index is 12.1. The summed E-state index contributed by atoms with van der Waals surface area (Å²) < 4.78 is 13.1. The van der Waals surface area contributed by atoms with E-state index in [1.807, 2.05) is 19.1 Å². The van der Waals surface area contributed by atoms with Crippen LogP contribution in [-0.2, 0) is 6.67 Å². The van der Waals surface area contributed by atoms with Crippen molar-refractivity contribution in [3.63, 3.8) is 0 Å². The molecule has 0 spiro atoms. The highest BCUT2D eigenvalue weighted by Crippen LogP contribution is 2.16. The number of hydrogen-bond donors (Lipinski definition) is 0. The largest absolute Gasteiger partial charge is 0.246 e. The molecule has 0 aromatic heterocycles. The van der Waals surface area contributed by atoms with Crippen LogP contribution >= 0.6 is 15.9 Å². The fourth-order valence-corrected chi connectivity index (χ4v) is 1.19. The van der Waals surface area contributed by atoms with Crippen molar-refractivity contribution in [1.29, 1.82) is 0 Å². The van der Waals surface area contributed by atoms with E-state index in [4.69, 9.17) is 0 Å². The first-order valence-electron chi connectivity index (χ1n) is 3.05. The molecular weight excluding hydrogens is 195 g/mol. The van der Waals surface area contributed by atoms with Crippen LogP contribution in [0.2, 0.25) is 0 Å². The molecule has 0 radical (unpaired) electrons. The maximum Gasteiger partial charge on any atom is 0.115 e. The zero-order chi connectivity index (χ0) is 7.56. The molecule has 2 heteroatoms. The number of hydrogen-bond acceptors (Lipinski definition) is 0. The Labute approximate surface area is 68.2 Å². The number of aryl methyl sites for hydroxylation is 1. The zero-order valence-corrected chi connectivity index (χ0v) is 7.28. The van der Waals surface area contributed by atoms with Crippen LogP contribution in [0, 0.1) is 6.92 Å². The van der Waals surface area contributed by atoms with Gasteiger partial charge in [-0.25, -0.2) is 4.39 Å². The average Bonchev–Trinajstić information content (AvgIpc) is 1.94. The fourth-order valence-electron chi connectivity index (χ4n) is 0.784. The lowest BCUT2D eigenvalue weighted by atomic mass is 10.1. The summed E-state index contributed by atoms with van der Waals surface area (Å²) >= 11 is 3.27. The van der Waals surface area contributed by atoms with Crippen molar-refractivity contribution in [3.8, 4) is 0 Å².